The summed E-state index contributed by atoms with van der Waals surface area (Å²) in [4.78, 5) is 12.5. The Hall–Kier alpha value is -3.57. The second-order valence-corrected chi connectivity index (χ2v) is 7.27. The van der Waals surface area contributed by atoms with Gasteiger partial charge < -0.3 is 9.30 Å². The average molecular weight is 418 g/mol. The number of nitrogens with zero attached hydrogens (tertiary/aromatic N) is 2. The van der Waals surface area contributed by atoms with Crippen LogP contribution in [0, 0.1) is 0 Å². The first-order chi connectivity index (χ1) is 14.6. The molecular weight excluding hydrogens is 398 g/mol. The standard InChI is InChI=1S/C24H20ClN3O2/c1-28-22-8-3-2-6-19(22)14-23(28)24(29)27-26-15-18-5-4-7-21(13-18)30-16-17-9-11-20(25)12-10-17/h2-15H,16H2,1H3,(H,27,29)/b26-15+. The molecule has 3 aromatic carbocycles. The van der Waals surface area contributed by atoms with Crippen molar-refractivity contribution in [3.8, 4) is 5.75 Å². The second-order valence-electron chi connectivity index (χ2n) is 6.83. The smallest absolute Gasteiger partial charge is 0.287 e. The van der Waals surface area contributed by atoms with Gasteiger partial charge in [0.25, 0.3) is 5.91 Å². The van der Waals surface area contributed by atoms with Crippen LogP contribution >= 0.6 is 11.6 Å². The van der Waals surface area contributed by atoms with Crippen molar-refractivity contribution < 1.29 is 9.53 Å². The molecule has 1 heterocycles. The molecule has 0 aliphatic rings. The van der Waals surface area contributed by atoms with Gasteiger partial charge in [0.05, 0.1) is 6.21 Å². The molecule has 150 valence electrons. The Kier molecular flexibility index (Phi) is 5.82. The number of benzene rings is 3. The minimum absolute atomic E-state index is 0.264. The van der Waals surface area contributed by atoms with Gasteiger partial charge in [-0.2, -0.15) is 5.10 Å². The fraction of sp³-hybridized carbons (Fsp3) is 0.0833. The van der Waals surface area contributed by atoms with Crippen molar-refractivity contribution in [2.24, 2.45) is 12.1 Å². The molecule has 5 nitrogen and oxygen atoms in total. The summed E-state index contributed by atoms with van der Waals surface area (Å²) in [6, 6.07) is 24.7. The zero-order valence-electron chi connectivity index (χ0n) is 16.4. The van der Waals surface area contributed by atoms with E-state index in [4.69, 9.17) is 16.3 Å². The van der Waals surface area contributed by atoms with Gasteiger partial charge in [-0.05, 0) is 47.5 Å². The van der Waals surface area contributed by atoms with Crippen LogP contribution in [-0.4, -0.2) is 16.7 Å². The fourth-order valence-corrected chi connectivity index (χ4v) is 3.29. The summed E-state index contributed by atoms with van der Waals surface area (Å²) < 4.78 is 7.68. The molecule has 0 bridgehead atoms. The van der Waals surface area contributed by atoms with Crippen molar-refractivity contribution in [3.63, 3.8) is 0 Å². The summed E-state index contributed by atoms with van der Waals surface area (Å²) >= 11 is 5.90. The van der Waals surface area contributed by atoms with Gasteiger partial charge in [-0.25, -0.2) is 5.43 Å². The molecule has 0 fully saturated rings. The molecule has 4 aromatic rings. The molecule has 0 aliphatic carbocycles. The molecule has 0 saturated heterocycles. The lowest BCUT2D eigenvalue weighted by Gasteiger charge is -2.07. The van der Waals surface area contributed by atoms with E-state index in [2.05, 4.69) is 10.5 Å². The van der Waals surface area contributed by atoms with Gasteiger partial charge in [0, 0.05) is 23.0 Å². The predicted octanol–water partition coefficient (Wildman–Crippen LogP) is 5.17. The first-order valence-corrected chi connectivity index (χ1v) is 9.83. The highest BCUT2D eigenvalue weighted by Gasteiger charge is 2.12. The number of ether oxygens (including phenoxy) is 1. The fourth-order valence-electron chi connectivity index (χ4n) is 3.16. The van der Waals surface area contributed by atoms with E-state index in [1.807, 2.05) is 90.5 Å². The van der Waals surface area contributed by atoms with Crippen LogP contribution in [0.5, 0.6) is 5.75 Å². The van der Waals surface area contributed by atoms with E-state index in [9.17, 15) is 4.79 Å². The van der Waals surface area contributed by atoms with Crippen LogP contribution in [0.1, 0.15) is 21.6 Å². The summed E-state index contributed by atoms with van der Waals surface area (Å²) in [6.45, 7) is 0.440. The quantitative estimate of drug-likeness (QED) is 0.347. The van der Waals surface area contributed by atoms with E-state index in [-0.39, 0.29) is 5.91 Å². The summed E-state index contributed by atoms with van der Waals surface area (Å²) in [6.07, 6.45) is 1.59. The zero-order valence-corrected chi connectivity index (χ0v) is 17.1. The summed E-state index contributed by atoms with van der Waals surface area (Å²) in [5, 5.41) is 5.80. The minimum Gasteiger partial charge on any atom is -0.489 e. The summed E-state index contributed by atoms with van der Waals surface area (Å²) in [7, 11) is 1.86. The van der Waals surface area contributed by atoms with Crippen molar-refractivity contribution in [3.05, 3.63) is 101 Å². The highest BCUT2D eigenvalue weighted by Crippen LogP contribution is 2.18. The molecule has 0 saturated carbocycles. The number of hydrazone groups is 1. The van der Waals surface area contributed by atoms with Crippen LogP contribution in [0.3, 0.4) is 0 Å². The van der Waals surface area contributed by atoms with Gasteiger partial charge in [0.2, 0.25) is 0 Å². The van der Waals surface area contributed by atoms with Gasteiger partial charge in [0.15, 0.2) is 0 Å². The number of rotatable bonds is 6. The van der Waals surface area contributed by atoms with Gasteiger partial charge >= 0.3 is 0 Å². The van der Waals surface area contributed by atoms with Crippen molar-refractivity contribution in [1.29, 1.82) is 0 Å². The van der Waals surface area contributed by atoms with E-state index >= 15 is 0 Å². The van der Waals surface area contributed by atoms with Gasteiger partial charge in [-0.1, -0.05) is 54.1 Å². The topological polar surface area (TPSA) is 55.6 Å². The van der Waals surface area contributed by atoms with E-state index in [1.54, 1.807) is 6.21 Å². The molecule has 1 amide bonds. The Morgan fingerprint density at radius 3 is 2.67 bits per heavy atom. The van der Waals surface area contributed by atoms with E-state index < -0.39 is 0 Å². The zero-order chi connectivity index (χ0) is 20.9. The minimum atomic E-state index is -0.264. The van der Waals surface area contributed by atoms with Crippen LogP contribution in [0.15, 0.2) is 84.0 Å². The van der Waals surface area contributed by atoms with Crippen LogP contribution < -0.4 is 10.2 Å². The maximum absolute atomic E-state index is 12.5. The molecule has 0 aliphatic heterocycles. The number of aryl methyl sites for hydroxylation is 1. The number of para-hydroxylation sites is 1. The molecule has 1 aromatic heterocycles. The first kappa shape index (κ1) is 19.7. The number of carbonyl (C=O) groups is 1. The summed E-state index contributed by atoms with van der Waals surface area (Å²) in [5.41, 5.74) is 5.98. The largest absolute Gasteiger partial charge is 0.489 e. The Balaban J connectivity index is 1.39. The number of halogens is 1. The second kappa shape index (κ2) is 8.84. The SMILES string of the molecule is Cn1c(C(=O)N/N=C/c2cccc(OCc3ccc(Cl)cc3)c2)cc2ccccc21. The average Bonchev–Trinajstić information content (AvgIpc) is 3.10. The molecular formula is C24H20ClN3O2. The number of fused-ring (bicyclic) bond motifs is 1. The summed E-state index contributed by atoms with van der Waals surface area (Å²) in [5.74, 6) is 0.453. The number of amides is 1. The predicted molar refractivity (Wildman–Crippen MR) is 120 cm³/mol. The number of nitrogens with one attached hydrogen (secondary N) is 1. The lowest BCUT2D eigenvalue weighted by molar-refractivity contribution is 0.0947. The first-order valence-electron chi connectivity index (χ1n) is 9.45. The third-order valence-corrected chi connectivity index (χ3v) is 4.99. The monoisotopic (exact) mass is 417 g/mol. The molecule has 0 spiro atoms. The Morgan fingerprint density at radius 1 is 1.07 bits per heavy atom. The number of hydrogen-bond acceptors (Lipinski definition) is 3. The van der Waals surface area contributed by atoms with Crippen LogP contribution in [0.4, 0.5) is 0 Å². The highest BCUT2D eigenvalue weighted by atomic mass is 35.5. The lowest BCUT2D eigenvalue weighted by atomic mass is 10.2. The van der Waals surface area contributed by atoms with Crippen LogP contribution in [0.2, 0.25) is 5.02 Å². The third-order valence-electron chi connectivity index (χ3n) is 4.74. The normalized spacial score (nSPS) is 11.1. The number of hydrogen-bond donors (Lipinski definition) is 1. The third kappa shape index (κ3) is 4.53. The van der Waals surface area contributed by atoms with Crippen molar-refractivity contribution in [1.82, 2.24) is 9.99 Å². The Bertz CT molecular complexity index is 1210. The maximum Gasteiger partial charge on any atom is 0.287 e. The van der Waals surface area contributed by atoms with Crippen molar-refractivity contribution >= 4 is 34.6 Å². The van der Waals surface area contributed by atoms with Crippen LogP contribution in [0.25, 0.3) is 10.9 Å². The van der Waals surface area contributed by atoms with Crippen LogP contribution in [-0.2, 0) is 13.7 Å². The van der Waals surface area contributed by atoms with E-state index in [1.165, 1.54) is 0 Å². The van der Waals surface area contributed by atoms with Gasteiger partial charge in [-0.15, -0.1) is 0 Å². The number of aromatic nitrogens is 1. The van der Waals surface area contributed by atoms with E-state index in [0.717, 1.165) is 22.0 Å². The maximum atomic E-state index is 12.5. The van der Waals surface area contributed by atoms with E-state index in [0.29, 0.717) is 23.1 Å². The molecule has 0 atom stereocenters. The van der Waals surface area contributed by atoms with Gasteiger partial charge in [0.1, 0.15) is 18.1 Å². The highest BCUT2D eigenvalue weighted by molar-refractivity contribution is 6.30. The number of carbonyl (C=O) groups excluding carboxylic acids is 1. The lowest BCUT2D eigenvalue weighted by Crippen LogP contribution is -2.20. The van der Waals surface area contributed by atoms with Crippen molar-refractivity contribution in [2.75, 3.05) is 0 Å². The molecule has 6 heteroatoms. The molecule has 1 N–H and O–H groups in total. The Labute approximate surface area is 179 Å². The molecule has 0 unspecified atom stereocenters. The molecule has 4 rings (SSSR count). The Morgan fingerprint density at radius 2 is 1.87 bits per heavy atom. The molecule has 0 radical (unpaired) electrons. The molecule has 30 heavy (non-hydrogen) atoms. The van der Waals surface area contributed by atoms with Gasteiger partial charge in [-0.3, -0.25) is 4.79 Å². The van der Waals surface area contributed by atoms with Crippen molar-refractivity contribution in [2.45, 2.75) is 6.61 Å².